The van der Waals surface area contributed by atoms with Crippen LogP contribution in [0.25, 0.3) is 28.1 Å². The minimum Gasteiger partial charge on any atom is -1.00 e. The van der Waals surface area contributed by atoms with Crippen LogP contribution >= 0.6 is 0 Å². The Balaban J connectivity index is 0.00000245. The fraction of sp³-hybridized carbons (Fsp3) is 0.250. The van der Waals surface area contributed by atoms with Crippen LogP contribution in [0, 0.1) is 0 Å². The lowest BCUT2D eigenvalue weighted by Crippen LogP contribution is -3.00. The monoisotopic (exact) mass is 488 g/mol. The number of rotatable bonds is 5. The Kier molecular flexibility index (Phi) is 7.11. The zero-order chi connectivity index (χ0) is 21.0. The van der Waals surface area contributed by atoms with Gasteiger partial charge in [0, 0.05) is 12.0 Å². The number of ether oxygens (including phenoxy) is 1. The lowest BCUT2D eigenvalue weighted by Gasteiger charge is -2.08. The third-order valence-electron chi connectivity index (χ3n) is 6.10. The van der Waals surface area contributed by atoms with Crippen LogP contribution in [0.15, 0.2) is 85.1 Å². The van der Waals surface area contributed by atoms with E-state index < -0.39 is 0 Å². The minimum absolute atomic E-state index is 0. The summed E-state index contributed by atoms with van der Waals surface area (Å²) in [4.78, 5) is 0. The first kappa shape index (κ1) is 22.3. The third-order valence-corrected chi connectivity index (χ3v) is 6.10. The average molecular weight is 489 g/mol. The second kappa shape index (κ2) is 10.2. The molecule has 0 saturated carbocycles. The van der Waals surface area contributed by atoms with Gasteiger partial charge in [0.05, 0.1) is 13.2 Å². The van der Waals surface area contributed by atoms with Crippen molar-refractivity contribution in [2.75, 3.05) is 6.61 Å². The summed E-state index contributed by atoms with van der Waals surface area (Å²) in [6.07, 6.45) is 7.24. The van der Waals surface area contributed by atoms with Crippen LogP contribution < -0.4 is 26.3 Å². The van der Waals surface area contributed by atoms with E-state index in [9.17, 15) is 0 Å². The smallest absolute Gasteiger partial charge is 0.262 e. The van der Waals surface area contributed by atoms with Crippen molar-refractivity contribution in [1.82, 2.24) is 4.57 Å². The Hall–Kier alpha value is -2.85. The van der Waals surface area contributed by atoms with E-state index in [-0.39, 0.29) is 17.0 Å². The van der Waals surface area contributed by atoms with Gasteiger partial charge in [-0.2, -0.15) is 4.57 Å². The molecule has 0 aliphatic carbocycles. The molecule has 4 heteroatoms. The number of hydrogen-bond acceptors (Lipinski definition) is 1. The predicted molar refractivity (Wildman–Crippen MR) is 126 cm³/mol. The minimum atomic E-state index is 0. The molecule has 5 rings (SSSR count). The molecular weight excluding hydrogens is 460 g/mol. The SMILES string of the molecule is CCOc1ccc(-n2c(-c3ccc(-c4ccccc4)cc3)c[n+]3c2CCCCC3)cc1.[Br-]. The highest BCUT2D eigenvalue weighted by atomic mass is 79.9. The van der Waals surface area contributed by atoms with E-state index in [1.54, 1.807) is 0 Å². The topological polar surface area (TPSA) is 18.0 Å². The lowest BCUT2D eigenvalue weighted by atomic mass is 10.0. The number of halogens is 1. The van der Waals surface area contributed by atoms with E-state index in [0.29, 0.717) is 6.61 Å². The Bertz CT molecular complexity index is 1150. The highest BCUT2D eigenvalue weighted by Crippen LogP contribution is 2.29. The number of imidazole rings is 1. The molecule has 0 saturated heterocycles. The molecule has 0 bridgehead atoms. The Morgan fingerprint density at radius 1 is 0.781 bits per heavy atom. The highest BCUT2D eigenvalue weighted by Gasteiger charge is 2.27. The fourth-order valence-corrected chi connectivity index (χ4v) is 4.55. The van der Waals surface area contributed by atoms with Crippen molar-refractivity contribution in [2.24, 2.45) is 0 Å². The maximum absolute atomic E-state index is 5.67. The van der Waals surface area contributed by atoms with Crippen molar-refractivity contribution in [1.29, 1.82) is 0 Å². The number of aryl methyl sites for hydroxylation is 1. The number of aromatic nitrogens is 2. The molecule has 0 N–H and O–H groups in total. The molecule has 0 amide bonds. The van der Waals surface area contributed by atoms with Gasteiger partial charge in [0.15, 0.2) is 5.69 Å². The van der Waals surface area contributed by atoms with Crippen molar-refractivity contribution in [3.63, 3.8) is 0 Å². The van der Waals surface area contributed by atoms with Crippen LogP contribution in [0.1, 0.15) is 32.0 Å². The van der Waals surface area contributed by atoms with Gasteiger partial charge in [-0.25, -0.2) is 4.57 Å². The van der Waals surface area contributed by atoms with Crippen molar-refractivity contribution >= 4 is 0 Å². The van der Waals surface area contributed by atoms with Crippen molar-refractivity contribution in [3.05, 3.63) is 90.9 Å². The van der Waals surface area contributed by atoms with Crippen LogP contribution in [0.4, 0.5) is 0 Å². The van der Waals surface area contributed by atoms with Gasteiger partial charge in [-0.05, 0) is 73.7 Å². The molecule has 0 spiro atoms. The van der Waals surface area contributed by atoms with Gasteiger partial charge in [0.25, 0.3) is 5.82 Å². The summed E-state index contributed by atoms with van der Waals surface area (Å²) >= 11 is 0. The summed E-state index contributed by atoms with van der Waals surface area (Å²) < 4.78 is 10.6. The molecule has 1 aliphatic heterocycles. The van der Waals surface area contributed by atoms with Gasteiger partial charge in [-0.1, -0.05) is 42.5 Å². The number of nitrogens with zero attached hydrogens (tertiary/aromatic N) is 2. The molecule has 0 atom stereocenters. The molecule has 0 radical (unpaired) electrons. The molecule has 0 fully saturated rings. The largest absolute Gasteiger partial charge is 1.00 e. The van der Waals surface area contributed by atoms with Crippen molar-refractivity contribution < 1.29 is 26.3 Å². The summed E-state index contributed by atoms with van der Waals surface area (Å²) in [5.41, 5.74) is 6.19. The molecule has 0 unspecified atom stereocenters. The summed E-state index contributed by atoms with van der Waals surface area (Å²) in [6.45, 7) is 3.80. The van der Waals surface area contributed by atoms with E-state index in [1.807, 2.05) is 6.92 Å². The van der Waals surface area contributed by atoms with E-state index in [2.05, 4.69) is 94.2 Å². The van der Waals surface area contributed by atoms with Crippen LogP contribution in [0.5, 0.6) is 5.75 Å². The van der Waals surface area contributed by atoms with Gasteiger partial charge in [0.1, 0.15) is 17.6 Å². The number of fused-ring (bicyclic) bond motifs is 1. The normalized spacial score (nSPS) is 13.0. The first-order valence-corrected chi connectivity index (χ1v) is 11.4. The first-order chi connectivity index (χ1) is 15.3. The van der Waals surface area contributed by atoms with Crippen molar-refractivity contribution in [3.8, 4) is 33.8 Å². The lowest BCUT2D eigenvalue weighted by molar-refractivity contribution is -0.702. The molecule has 164 valence electrons. The summed E-state index contributed by atoms with van der Waals surface area (Å²) in [6, 6.07) is 28.1. The molecule has 3 aromatic carbocycles. The average Bonchev–Trinajstić information content (AvgIpc) is 3.03. The molecule has 4 aromatic rings. The zero-order valence-electron chi connectivity index (χ0n) is 18.5. The Labute approximate surface area is 201 Å². The van der Waals surface area contributed by atoms with E-state index >= 15 is 0 Å². The molecule has 1 aromatic heterocycles. The van der Waals surface area contributed by atoms with Gasteiger partial charge in [0.2, 0.25) is 0 Å². The van der Waals surface area contributed by atoms with Crippen LogP contribution in [-0.2, 0) is 13.0 Å². The second-order valence-electron chi connectivity index (χ2n) is 8.14. The van der Waals surface area contributed by atoms with Gasteiger partial charge >= 0.3 is 0 Å². The summed E-state index contributed by atoms with van der Waals surface area (Å²) in [5.74, 6) is 2.31. The van der Waals surface area contributed by atoms with Crippen LogP contribution in [-0.4, -0.2) is 11.2 Å². The van der Waals surface area contributed by atoms with Crippen LogP contribution in [0.2, 0.25) is 0 Å². The van der Waals surface area contributed by atoms with Gasteiger partial charge in [-0.3, -0.25) is 0 Å². The molecule has 1 aliphatic rings. The molecule has 3 nitrogen and oxygen atoms in total. The van der Waals surface area contributed by atoms with Crippen LogP contribution in [0.3, 0.4) is 0 Å². The Morgan fingerprint density at radius 2 is 1.47 bits per heavy atom. The van der Waals surface area contributed by atoms with Gasteiger partial charge in [-0.15, -0.1) is 0 Å². The van der Waals surface area contributed by atoms with Gasteiger partial charge < -0.3 is 21.7 Å². The molecular formula is C28H29BrN2O. The summed E-state index contributed by atoms with van der Waals surface area (Å²) in [7, 11) is 0. The van der Waals surface area contributed by atoms with Crippen molar-refractivity contribution in [2.45, 2.75) is 39.2 Å². The predicted octanol–water partition coefficient (Wildman–Crippen LogP) is 3.23. The maximum atomic E-state index is 5.67. The van der Waals surface area contributed by atoms with E-state index in [4.69, 9.17) is 4.74 Å². The fourth-order valence-electron chi connectivity index (χ4n) is 4.55. The van der Waals surface area contributed by atoms with E-state index in [0.717, 1.165) is 18.7 Å². The highest BCUT2D eigenvalue weighted by molar-refractivity contribution is 5.69. The Morgan fingerprint density at radius 3 is 2.19 bits per heavy atom. The number of hydrogen-bond donors (Lipinski definition) is 0. The zero-order valence-corrected chi connectivity index (χ0v) is 20.1. The molecule has 2 heterocycles. The van der Waals surface area contributed by atoms with E-state index in [1.165, 1.54) is 53.2 Å². The first-order valence-electron chi connectivity index (χ1n) is 11.4. The molecule has 32 heavy (non-hydrogen) atoms. The summed E-state index contributed by atoms with van der Waals surface area (Å²) in [5, 5.41) is 0. The number of benzene rings is 3. The standard InChI is InChI=1S/C28H29N2O.BrH/c1-2-31-26-18-16-25(17-19-26)30-27(21-29-20-8-4-7-11-28(29)30)24-14-12-23(13-15-24)22-9-5-3-6-10-22;/h3,5-6,9-10,12-19,21H,2,4,7-8,11,20H2,1H3;1H/q+1;/p-1. The quantitative estimate of drug-likeness (QED) is 0.394. The second-order valence-corrected chi connectivity index (χ2v) is 8.14. The third kappa shape index (κ3) is 4.51. The maximum Gasteiger partial charge on any atom is 0.262 e.